The van der Waals surface area contributed by atoms with Crippen LogP contribution < -0.4 is 10.2 Å². The molecule has 2 fully saturated rings. The van der Waals surface area contributed by atoms with E-state index in [0.29, 0.717) is 19.3 Å². The second kappa shape index (κ2) is 6.26. The van der Waals surface area contributed by atoms with Gasteiger partial charge < -0.3 is 9.64 Å². The number of nitrogens with one attached hydrogen (secondary N) is 1. The van der Waals surface area contributed by atoms with Crippen LogP contribution in [0.25, 0.3) is 0 Å². The Balaban J connectivity index is 1.68. The molecular formula is C16H20N2O3. The minimum absolute atomic E-state index is 0.0948. The van der Waals surface area contributed by atoms with Gasteiger partial charge in [0.1, 0.15) is 0 Å². The van der Waals surface area contributed by atoms with Crippen molar-refractivity contribution < 1.29 is 14.3 Å². The summed E-state index contributed by atoms with van der Waals surface area (Å²) in [7, 11) is 0. The van der Waals surface area contributed by atoms with E-state index < -0.39 is 0 Å². The number of carbonyl (C=O) groups excluding carboxylic acids is 2. The average molecular weight is 288 g/mol. The zero-order chi connectivity index (χ0) is 14.7. The third kappa shape index (κ3) is 3.42. The molecule has 0 radical (unpaired) electrons. The van der Waals surface area contributed by atoms with Gasteiger partial charge in [0, 0.05) is 31.1 Å². The van der Waals surface area contributed by atoms with Crippen LogP contribution in [0.1, 0.15) is 18.4 Å². The number of piperidine rings is 1. The summed E-state index contributed by atoms with van der Waals surface area (Å²) in [6.45, 7) is 3.33. The molecule has 5 nitrogen and oxygen atoms in total. The molecule has 2 saturated heterocycles. The molecule has 1 aromatic carbocycles. The molecule has 0 aliphatic carbocycles. The van der Waals surface area contributed by atoms with Gasteiger partial charge >= 0.3 is 0 Å². The quantitative estimate of drug-likeness (QED) is 0.847. The first-order valence-electron chi connectivity index (χ1n) is 7.48. The lowest BCUT2D eigenvalue weighted by Crippen LogP contribution is -2.41. The van der Waals surface area contributed by atoms with E-state index in [1.165, 1.54) is 5.69 Å². The van der Waals surface area contributed by atoms with Crippen LogP contribution in [-0.4, -0.2) is 38.1 Å². The molecule has 5 heteroatoms. The lowest BCUT2D eigenvalue weighted by molar-refractivity contribution is -0.136. The first kappa shape index (κ1) is 14.1. The fraction of sp³-hybridized carbons (Fsp3) is 0.500. The number of morpholine rings is 1. The SMILES string of the molecule is O=C1CCC(Cc2cccc(N3CCOCC3)c2)C(=O)N1. The highest BCUT2D eigenvalue weighted by atomic mass is 16.5. The van der Waals surface area contributed by atoms with E-state index in [1.54, 1.807) is 0 Å². The van der Waals surface area contributed by atoms with Crippen LogP contribution in [0.4, 0.5) is 5.69 Å². The predicted molar refractivity (Wildman–Crippen MR) is 79.1 cm³/mol. The first-order valence-corrected chi connectivity index (χ1v) is 7.48. The molecule has 0 saturated carbocycles. The molecule has 2 heterocycles. The molecular weight excluding hydrogens is 268 g/mol. The average Bonchev–Trinajstić information content (AvgIpc) is 2.51. The lowest BCUT2D eigenvalue weighted by Gasteiger charge is -2.29. The van der Waals surface area contributed by atoms with Crippen LogP contribution in [-0.2, 0) is 20.7 Å². The zero-order valence-electron chi connectivity index (χ0n) is 12.0. The number of ether oxygens (including phenoxy) is 1. The lowest BCUT2D eigenvalue weighted by atomic mass is 9.91. The highest BCUT2D eigenvalue weighted by Crippen LogP contribution is 2.22. The van der Waals surface area contributed by atoms with Crippen molar-refractivity contribution in [3.8, 4) is 0 Å². The summed E-state index contributed by atoms with van der Waals surface area (Å²) in [5.74, 6) is -0.385. The molecule has 21 heavy (non-hydrogen) atoms. The molecule has 1 N–H and O–H groups in total. The van der Waals surface area contributed by atoms with Crippen molar-refractivity contribution in [1.82, 2.24) is 5.32 Å². The standard InChI is InChI=1S/C16H20N2O3/c19-15-5-4-13(16(20)17-15)10-12-2-1-3-14(11-12)18-6-8-21-9-7-18/h1-3,11,13H,4-10H2,(H,17,19,20). The Morgan fingerprint density at radius 1 is 1.24 bits per heavy atom. The van der Waals surface area contributed by atoms with Gasteiger partial charge in [0.2, 0.25) is 11.8 Å². The largest absolute Gasteiger partial charge is 0.378 e. The Kier molecular flexibility index (Phi) is 4.20. The fourth-order valence-corrected chi connectivity index (χ4v) is 2.92. The van der Waals surface area contributed by atoms with Crippen molar-refractivity contribution in [1.29, 1.82) is 0 Å². The molecule has 1 unspecified atom stereocenters. The summed E-state index contributed by atoms with van der Waals surface area (Å²) in [6.07, 6.45) is 1.78. The van der Waals surface area contributed by atoms with E-state index in [0.717, 1.165) is 31.9 Å². The number of rotatable bonds is 3. The molecule has 0 aromatic heterocycles. The third-order valence-corrected chi connectivity index (χ3v) is 4.12. The number of nitrogens with zero attached hydrogens (tertiary/aromatic N) is 1. The predicted octanol–water partition coefficient (Wildman–Crippen LogP) is 1.12. The van der Waals surface area contributed by atoms with Crippen molar-refractivity contribution >= 4 is 17.5 Å². The van der Waals surface area contributed by atoms with Crippen LogP contribution in [0.2, 0.25) is 0 Å². The topological polar surface area (TPSA) is 58.6 Å². The molecule has 2 aliphatic heterocycles. The van der Waals surface area contributed by atoms with Crippen LogP contribution in [0.3, 0.4) is 0 Å². The molecule has 2 aliphatic rings. The number of amides is 2. The molecule has 3 rings (SSSR count). The van der Waals surface area contributed by atoms with E-state index in [4.69, 9.17) is 4.74 Å². The van der Waals surface area contributed by atoms with Gasteiger partial charge in [-0.3, -0.25) is 14.9 Å². The van der Waals surface area contributed by atoms with Crippen molar-refractivity contribution in [2.75, 3.05) is 31.2 Å². The molecule has 112 valence electrons. The van der Waals surface area contributed by atoms with Gasteiger partial charge in [-0.15, -0.1) is 0 Å². The number of hydrogen-bond acceptors (Lipinski definition) is 4. The second-order valence-electron chi connectivity index (χ2n) is 5.62. The molecule has 2 amide bonds. The Morgan fingerprint density at radius 2 is 2.05 bits per heavy atom. The Labute approximate surface area is 124 Å². The maximum absolute atomic E-state index is 11.8. The molecule has 0 bridgehead atoms. The second-order valence-corrected chi connectivity index (χ2v) is 5.62. The number of benzene rings is 1. The first-order chi connectivity index (χ1) is 10.2. The maximum atomic E-state index is 11.8. The Bertz CT molecular complexity index is 538. The third-order valence-electron chi connectivity index (χ3n) is 4.12. The van der Waals surface area contributed by atoms with Crippen LogP contribution >= 0.6 is 0 Å². The Morgan fingerprint density at radius 3 is 2.81 bits per heavy atom. The minimum Gasteiger partial charge on any atom is -0.378 e. The van der Waals surface area contributed by atoms with E-state index >= 15 is 0 Å². The summed E-state index contributed by atoms with van der Waals surface area (Å²) in [5, 5.41) is 2.42. The van der Waals surface area contributed by atoms with Gasteiger partial charge in [0.05, 0.1) is 13.2 Å². The monoisotopic (exact) mass is 288 g/mol. The number of hydrogen-bond donors (Lipinski definition) is 1. The summed E-state index contributed by atoms with van der Waals surface area (Å²) < 4.78 is 5.37. The molecule has 0 spiro atoms. The fourth-order valence-electron chi connectivity index (χ4n) is 2.92. The van der Waals surface area contributed by atoms with Gasteiger partial charge in [-0.25, -0.2) is 0 Å². The normalized spacial score (nSPS) is 23.0. The molecule has 1 aromatic rings. The van der Waals surface area contributed by atoms with E-state index in [2.05, 4.69) is 22.3 Å². The summed E-state index contributed by atoms with van der Waals surface area (Å²) in [4.78, 5) is 25.3. The van der Waals surface area contributed by atoms with Crippen molar-refractivity contribution in [3.05, 3.63) is 29.8 Å². The smallest absolute Gasteiger partial charge is 0.230 e. The summed E-state index contributed by atoms with van der Waals surface area (Å²) in [6, 6.07) is 8.33. The van der Waals surface area contributed by atoms with Gasteiger partial charge in [0.25, 0.3) is 0 Å². The van der Waals surface area contributed by atoms with Gasteiger partial charge in [-0.1, -0.05) is 12.1 Å². The van der Waals surface area contributed by atoms with Gasteiger partial charge in [0.15, 0.2) is 0 Å². The zero-order valence-corrected chi connectivity index (χ0v) is 12.0. The number of imide groups is 1. The Hall–Kier alpha value is -1.88. The maximum Gasteiger partial charge on any atom is 0.230 e. The van der Waals surface area contributed by atoms with E-state index in [1.807, 2.05) is 12.1 Å². The van der Waals surface area contributed by atoms with Crippen LogP contribution in [0, 0.1) is 5.92 Å². The highest BCUT2D eigenvalue weighted by Gasteiger charge is 2.26. The molecule has 1 atom stereocenters. The summed E-state index contributed by atoms with van der Waals surface area (Å²) in [5.41, 5.74) is 2.33. The van der Waals surface area contributed by atoms with Crippen molar-refractivity contribution in [2.45, 2.75) is 19.3 Å². The van der Waals surface area contributed by atoms with Crippen LogP contribution in [0.5, 0.6) is 0 Å². The van der Waals surface area contributed by atoms with Gasteiger partial charge in [-0.05, 0) is 30.5 Å². The number of carbonyl (C=O) groups is 2. The minimum atomic E-state index is -0.154. The van der Waals surface area contributed by atoms with Crippen molar-refractivity contribution in [3.63, 3.8) is 0 Å². The van der Waals surface area contributed by atoms with Crippen molar-refractivity contribution in [2.24, 2.45) is 5.92 Å². The number of anilines is 1. The van der Waals surface area contributed by atoms with E-state index in [9.17, 15) is 9.59 Å². The van der Waals surface area contributed by atoms with E-state index in [-0.39, 0.29) is 17.7 Å². The van der Waals surface area contributed by atoms with Crippen LogP contribution in [0.15, 0.2) is 24.3 Å². The summed E-state index contributed by atoms with van der Waals surface area (Å²) >= 11 is 0. The highest BCUT2D eigenvalue weighted by molar-refractivity contribution is 5.98. The van der Waals surface area contributed by atoms with Gasteiger partial charge in [-0.2, -0.15) is 0 Å².